The van der Waals surface area contributed by atoms with Gasteiger partial charge in [0, 0.05) is 5.38 Å². The van der Waals surface area contributed by atoms with Crippen molar-refractivity contribution in [2.45, 2.75) is 32.1 Å². The van der Waals surface area contributed by atoms with Crippen LogP contribution in [0.2, 0.25) is 0 Å². The Hall–Kier alpha value is -1.08. The maximum atomic E-state index is 11.2. The van der Waals surface area contributed by atoms with E-state index >= 15 is 0 Å². The summed E-state index contributed by atoms with van der Waals surface area (Å²) >= 11 is 6.34. The van der Waals surface area contributed by atoms with E-state index in [4.69, 9.17) is 11.6 Å². The Balaban J connectivity index is 2.46. The van der Waals surface area contributed by atoms with E-state index in [1.54, 1.807) is 0 Å². The second-order valence-electron chi connectivity index (χ2n) is 5.32. The second-order valence-corrected chi connectivity index (χ2v) is 5.85. The SMILES string of the molecule is CC1(C)CC(c2ccccc2)=C(C=O)CC1Cl. The minimum absolute atomic E-state index is 0.0372. The lowest BCUT2D eigenvalue weighted by atomic mass is 9.72. The fraction of sp³-hybridized carbons (Fsp3) is 0.400. The van der Waals surface area contributed by atoms with Crippen LogP contribution in [0.3, 0.4) is 0 Å². The van der Waals surface area contributed by atoms with E-state index < -0.39 is 0 Å². The number of benzene rings is 1. The van der Waals surface area contributed by atoms with Crippen molar-refractivity contribution in [3.63, 3.8) is 0 Å². The van der Waals surface area contributed by atoms with Gasteiger partial charge in [-0.05, 0) is 35.0 Å². The summed E-state index contributed by atoms with van der Waals surface area (Å²) < 4.78 is 0. The zero-order valence-corrected chi connectivity index (χ0v) is 11.0. The van der Waals surface area contributed by atoms with Gasteiger partial charge in [-0.1, -0.05) is 44.2 Å². The molecule has 2 rings (SSSR count). The number of hydrogen-bond acceptors (Lipinski definition) is 1. The molecule has 1 aromatic rings. The fourth-order valence-corrected chi connectivity index (χ4v) is 2.56. The molecule has 90 valence electrons. The molecule has 0 fully saturated rings. The van der Waals surface area contributed by atoms with Crippen molar-refractivity contribution in [1.29, 1.82) is 0 Å². The molecule has 2 heteroatoms. The van der Waals surface area contributed by atoms with Gasteiger partial charge in [0.15, 0.2) is 0 Å². The maximum Gasteiger partial charge on any atom is 0.146 e. The van der Waals surface area contributed by atoms with Crippen LogP contribution in [0, 0.1) is 5.41 Å². The van der Waals surface area contributed by atoms with Crippen LogP contribution in [-0.2, 0) is 4.79 Å². The van der Waals surface area contributed by atoms with Gasteiger partial charge < -0.3 is 0 Å². The summed E-state index contributed by atoms with van der Waals surface area (Å²) in [5.41, 5.74) is 3.20. The van der Waals surface area contributed by atoms with Crippen LogP contribution in [-0.4, -0.2) is 11.7 Å². The Labute approximate surface area is 107 Å². The van der Waals surface area contributed by atoms with Crippen molar-refractivity contribution in [2.24, 2.45) is 5.41 Å². The van der Waals surface area contributed by atoms with E-state index in [0.29, 0.717) is 6.42 Å². The summed E-state index contributed by atoms with van der Waals surface area (Å²) in [4.78, 5) is 11.2. The van der Waals surface area contributed by atoms with E-state index in [-0.39, 0.29) is 10.8 Å². The third kappa shape index (κ3) is 2.44. The van der Waals surface area contributed by atoms with Gasteiger partial charge in [0.05, 0.1) is 0 Å². The molecule has 0 saturated carbocycles. The van der Waals surface area contributed by atoms with E-state index in [2.05, 4.69) is 26.0 Å². The normalized spacial score (nSPS) is 23.6. The molecule has 1 aliphatic rings. The topological polar surface area (TPSA) is 17.1 Å². The highest BCUT2D eigenvalue weighted by Crippen LogP contribution is 2.44. The lowest BCUT2D eigenvalue weighted by Gasteiger charge is -2.36. The first kappa shape index (κ1) is 12.4. The van der Waals surface area contributed by atoms with Crippen LogP contribution < -0.4 is 0 Å². The van der Waals surface area contributed by atoms with Gasteiger partial charge in [0.2, 0.25) is 0 Å². The number of carbonyl (C=O) groups excluding carboxylic acids is 1. The highest BCUT2D eigenvalue weighted by Gasteiger charge is 2.35. The smallest absolute Gasteiger partial charge is 0.146 e. The van der Waals surface area contributed by atoms with E-state index in [1.165, 1.54) is 0 Å². The Morgan fingerprint density at radius 2 is 1.94 bits per heavy atom. The minimum atomic E-state index is 0.0372. The molecule has 1 atom stereocenters. The summed E-state index contributed by atoms with van der Waals surface area (Å²) in [5, 5.41) is 0.0372. The Morgan fingerprint density at radius 1 is 1.29 bits per heavy atom. The molecule has 0 aliphatic heterocycles. The third-order valence-electron chi connectivity index (χ3n) is 3.53. The van der Waals surface area contributed by atoms with Crippen LogP contribution in [0.15, 0.2) is 35.9 Å². The summed E-state index contributed by atoms with van der Waals surface area (Å²) in [7, 11) is 0. The van der Waals surface area contributed by atoms with Crippen LogP contribution >= 0.6 is 11.6 Å². The summed E-state index contributed by atoms with van der Waals surface area (Å²) in [6, 6.07) is 10.1. The first-order valence-electron chi connectivity index (χ1n) is 5.91. The predicted octanol–water partition coefficient (Wildman–Crippen LogP) is 4.07. The van der Waals surface area contributed by atoms with Crippen LogP contribution in [0.5, 0.6) is 0 Å². The molecule has 0 spiro atoms. The number of alkyl halides is 1. The summed E-state index contributed by atoms with van der Waals surface area (Å²) in [6.07, 6.45) is 2.49. The molecule has 0 saturated heterocycles. The first-order valence-corrected chi connectivity index (χ1v) is 6.35. The van der Waals surface area contributed by atoms with Crippen molar-refractivity contribution in [3.05, 3.63) is 41.5 Å². The molecular weight excluding hydrogens is 232 g/mol. The minimum Gasteiger partial charge on any atom is -0.298 e. The van der Waals surface area contributed by atoms with Crippen molar-refractivity contribution in [3.8, 4) is 0 Å². The number of aldehydes is 1. The average molecular weight is 249 g/mol. The molecule has 1 aliphatic carbocycles. The Morgan fingerprint density at radius 3 is 2.53 bits per heavy atom. The number of allylic oxidation sites excluding steroid dienone is 2. The van der Waals surface area contributed by atoms with Gasteiger partial charge in [0.1, 0.15) is 6.29 Å². The number of hydrogen-bond donors (Lipinski definition) is 0. The highest BCUT2D eigenvalue weighted by molar-refractivity contribution is 6.22. The summed E-state index contributed by atoms with van der Waals surface area (Å²) in [6.45, 7) is 4.32. The maximum absolute atomic E-state index is 11.2. The van der Waals surface area contributed by atoms with Gasteiger partial charge in [-0.25, -0.2) is 0 Å². The molecule has 0 N–H and O–H groups in total. The number of halogens is 1. The molecule has 1 nitrogen and oxygen atoms in total. The molecule has 0 heterocycles. The van der Waals surface area contributed by atoms with Gasteiger partial charge in [-0.2, -0.15) is 0 Å². The van der Waals surface area contributed by atoms with Crippen LogP contribution in [0.25, 0.3) is 5.57 Å². The van der Waals surface area contributed by atoms with Crippen LogP contribution in [0.4, 0.5) is 0 Å². The third-order valence-corrected chi connectivity index (χ3v) is 4.28. The van der Waals surface area contributed by atoms with Crippen molar-refractivity contribution in [1.82, 2.24) is 0 Å². The van der Waals surface area contributed by atoms with E-state index in [1.807, 2.05) is 18.2 Å². The van der Waals surface area contributed by atoms with Crippen molar-refractivity contribution >= 4 is 23.5 Å². The van der Waals surface area contributed by atoms with Gasteiger partial charge in [-0.15, -0.1) is 11.6 Å². The zero-order chi connectivity index (χ0) is 12.5. The Bertz CT molecular complexity index is 445. The van der Waals surface area contributed by atoms with Crippen molar-refractivity contribution in [2.75, 3.05) is 0 Å². The van der Waals surface area contributed by atoms with Gasteiger partial charge >= 0.3 is 0 Å². The quantitative estimate of drug-likeness (QED) is 0.570. The largest absolute Gasteiger partial charge is 0.298 e. The number of carbonyl (C=O) groups is 1. The molecule has 1 aromatic carbocycles. The molecule has 0 bridgehead atoms. The second kappa shape index (κ2) is 4.66. The first-order chi connectivity index (χ1) is 8.04. The highest BCUT2D eigenvalue weighted by atomic mass is 35.5. The van der Waals surface area contributed by atoms with E-state index in [0.717, 1.165) is 29.4 Å². The van der Waals surface area contributed by atoms with Crippen molar-refractivity contribution < 1.29 is 4.79 Å². The molecule has 0 radical (unpaired) electrons. The van der Waals surface area contributed by atoms with Gasteiger partial charge in [0.25, 0.3) is 0 Å². The van der Waals surface area contributed by atoms with Crippen LogP contribution in [0.1, 0.15) is 32.3 Å². The molecule has 0 amide bonds. The standard InChI is InChI=1S/C15H17ClO/c1-15(2)9-13(11-6-4-3-5-7-11)12(10-17)8-14(15)16/h3-7,10,14H,8-9H2,1-2H3. The monoisotopic (exact) mass is 248 g/mol. The molecule has 0 aromatic heterocycles. The number of rotatable bonds is 2. The zero-order valence-electron chi connectivity index (χ0n) is 10.2. The summed E-state index contributed by atoms with van der Waals surface area (Å²) in [5.74, 6) is 0. The fourth-order valence-electron chi connectivity index (χ4n) is 2.32. The molecule has 17 heavy (non-hydrogen) atoms. The lowest BCUT2D eigenvalue weighted by Crippen LogP contribution is -2.30. The molecular formula is C15H17ClO. The predicted molar refractivity (Wildman–Crippen MR) is 72.1 cm³/mol. The molecule has 1 unspecified atom stereocenters. The Kier molecular flexibility index (Phi) is 3.39. The van der Waals surface area contributed by atoms with Gasteiger partial charge in [-0.3, -0.25) is 4.79 Å². The average Bonchev–Trinajstić information content (AvgIpc) is 2.33. The van der Waals surface area contributed by atoms with E-state index in [9.17, 15) is 4.79 Å². The lowest BCUT2D eigenvalue weighted by molar-refractivity contribution is -0.105.